The molecule has 1 aliphatic heterocycles. The summed E-state index contributed by atoms with van der Waals surface area (Å²) in [5.41, 5.74) is 0.512. The SMILES string of the molecule is O=C1N=NC(=O)N1c1cccc2cc3ccccc3cc12. The summed E-state index contributed by atoms with van der Waals surface area (Å²) < 4.78 is 0. The zero-order valence-electron chi connectivity index (χ0n) is 10.9. The lowest BCUT2D eigenvalue weighted by Crippen LogP contribution is -2.27. The van der Waals surface area contributed by atoms with Gasteiger partial charge in [-0.25, -0.2) is 14.5 Å². The van der Waals surface area contributed by atoms with Crippen molar-refractivity contribution in [3.05, 3.63) is 54.6 Å². The maximum absolute atomic E-state index is 11.7. The van der Waals surface area contributed by atoms with Crippen LogP contribution in [0, 0.1) is 0 Å². The highest BCUT2D eigenvalue weighted by Crippen LogP contribution is 2.32. The average molecular weight is 275 g/mol. The van der Waals surface area contributed by atoms with Crippen LogP contribution >= 0.6 is 0 Å². The van der Waals surface area contributed by atoms with Crippen LogP contribution in [0.3, 0.4) is 0 Å². The van der Waals surface area contributed by atoms with Crippen LogP contribution in [0.25, 0.3) is 21.5 Å². The summed E-state index contributed by atoms with van der Waals surface area (Å²) in [6.45, 7) is 0. The molecule has 5 heteroatoms. The predicted octanol–water partition coefficient (Wildman–Crippen LogP) is 4.51. The van der Waals surface area contributed by atoms with Crippen molar-refractivity contribution in [1.29, 1.82) is 0 Å². The molecule has 21 heavy (non-hydrogen) atoms. The van der Waals surface area contributed by atoms with E-state index in [0.29, 0.717) is 5.69 Å². The largest absolute Gasteiger partial charge is 0.375 e. The van der Waals surface area contributed by atoms with E-state index in [1.807, 2.05) is 48.5 Å². The first kappa shape index (κ1) is 11.7. The monoisotopic (exact) mass is 275 g/mol. The molecule has 0 radical (unpaired) electrons. The van der Waals surface area contributed by atoms with Crippen LogP contribution in [0.15, 0.2) is 64.8 Å². The quantitative estimate of drug-likeness (QED) is 0.613. The lowest BCUT2D eigenvalue weighted by atomic mass is 10.0. The molecule has 0 bridgehead atoms. The van der Waals surface area contributed by atoms with Gasteiger partial charge in [-0.3, -0.25) is 0 Å². The molecule has 3 aromatic carbocycles. The molecular formula is C16H9N3O2. The van der Waals surface area contributed by atoms with E-state index in [1.165, 1.54) is 0 Å². The lowest BCUT2D eigenvalue weighted by Gasteiger charge is -2.14. The van der Waals surface area contributed by atoms with Crippen molar-refractivity contribution in [2.45, 2.75) is 0 Å². The minimum atomic E-state index is -0.652. The number of anilines is 1. The summed E-state index contributed by atoms with van der Waals surface area (Å²) in [5.74, 6) is 0. The topological polar surface area (TPSA) is 62.1 Å². The van der Waals surface area contributed by atoms with Crippen molar-refractivity contribution in [3.8, 4) is 0 Å². The van der Waals surface area contributed by atoms with E-state index in [1.54, 1.807) is 6.07 Å². The first-order valence-corrected chi connectivity index (χ1v) is 6.45. The van der Waals surface area contributed by atoms with Gasteiger partial charge in [0.15, 0.2) is 0 Å². The minimum Gasteiger partial charge on any atom is -0.243 e. The third kappa shape index (κ3) is 1.71. The number of carbonyl (C=O) groups is 2. The fourth-order valence-electron chi connectivity index (χ4n) is 2.61. The van der Waals surface area contributed by atoms with E-state index in [9.17, 15) is 9.59 Å². The number of fused-ring (bicyclic) bond motifs is 2. The standard InChI is InChI=1S/C16H9N3O2/c20-15-17-18-16(21)19(15)14-7-3-6-12-8-10-4-1-2-5-11(10)9-13(12)14/h1-9H. The summed E-state index contributed by atoms with van der Waals surface area (Å²) in [6, 6.07) is 16.1. The molecule has 4 amide bonds. The number of rotatable bonds is 1. The zero-order valence-corrected chi connectivity index (χ0v) is 10.9. The minimum absolute atomic E-state index is 0.512. The van der Waals surface area contributed by atoms with Gasteiger partial charge in [0, 0.05) is 5.39 Å². The van der Waals surface area contributed by atoms with Gasteiger partial charge in [0.1, 0.15) is 0 Å². The molecule has 5 nitrogen and oxygen atoms in total. The molecule has 0 saturated heterocycles. The van der Waals surface area contributed by atoms with Crippen molar-refractivity contribution in [2.24, 2.45) is 10.2 Å². The Morgan fingerprint density at radius 3 is 2.05 bits per heavy atom. The first-order chi connectivity index (χ1) is 10.2. The van der Waals surface area contributed by atoms with Crippen LogP contribution in [0.4, 0.5) is 15.3 Å². The van der Waals surface area contributed by atoms with Gasteiger partial charge in [0.05, 0.1) is 5.69 Å². The summed E-state index contributed by atoms with van der Waals surface area (Å²) in [5, 5.41) is 10.5. The number of hydrogen-bond donors (Lipinski definition) is 0. The first-order valence-electron chi connectivity index (χ1n) is 6.45. The highest BCUT2D eigenvalue weighted by Gasteiger charge is 2.30. The Hall–Kier alpha value is -3.08. The van der Waals surface area contributed by atoms with Gasteiger partial charge >= 0.3 is 12.1 Å². The highest BCUT2D eigenvalue weighted by atomic mass is 16.2. The molecule has 0 unspecified atom stereocenters. The number of hydrogen-bond acceptors (Lipinski definition) is 2. The summed E-state index contributed by atoms with van der Waals surface area (Å²) >= 11 is 0. The Balaban J connectivity index is 2.03. The second kappa shape index (κ2) is 4.21. The maximum Gasteiger partial charge on any atom is 0.375 e. The third-order valence-corrected chi connectivity index (χ3v) is 3.57. The molecular weight excluding hydrogens is 266 g/mol. The van der Waals surface area contributed by atoms with E-state index in [-0.39, 0.29) is 0 Å². The molecule has 0 fully saturated rings. The Morgan fingerprint density at radius 1 is 0.714 bits per heavy atom. The van der Waals surface area contributed by atoms with Crippen molar-refractivity contribution in [3.63, 3.8) is 0 Å². The molecule has 3 aromatic rings. The van der Waals surface area contributed by atoms with Crippen LogP contribution in [0.1, 0.15) is 0 Å². The Labute approximate surface area is 119 Å². The van der Waals surface area contributed by atoms with E-state index >= 15 is 0 Å². The van der Waals surface area contributed by atoms with Crippen molar-refractivity contribution < 1.29 is 9.59 Å². The van der Waals surface area contributed by atoms with Gasteiger partial charge in [-0.05, 0) is 34.4 Å². The van der Waals surface area contributed by atoms with Crippen molar-refractivity contribution in [1.82, 2.24) is 0 Å². The number of azo groups is 1. The molecule has 0 aromatic heterocycles. The van der Waals surface area contributed by atoms with Gasteiger partial charge in [-0.2, -0.15) is 0 Å². The van der Waals surface area contributed by atoms with Gasteiger partial charge in [0.25, 0.3) is 0 Å². The van der Waals surface area contributed by atoms with Gasteiger partial charge in [0.2, 0.25) is 0 Å². The summed E-state index contributed by atoms with van der Waals surface area (Å²) in [4.78, 5) is 24.5. The Kier molecular flexibility index (Phi) is 2.35. The van der Waals surface area contributed by atoms with E-state index in [2.05, 4.69) is 10.2 Å². The number of urea groups is 2. The average Bonchev–Trinajstić information content (AvgIpc) is 2.84. The zero-order chi connectivity index (χ0) is 14.4. The number of benzene rings is 3. The number of carbonyl (C=O) groups excluding carboxylic acids is 2. The summed E-state index contributed by atoms with van der Waals surface area (Å²) in [7, 11) is 0. The number of amides is 4. The second-order valence-corrected chi connectivity index (χ2v) is 4.80. The highest BCUT2D eigenvalue weighted by molar-refractivity contribution is 6.21. The van der Waals surface area contributed by atoms with Crippen LogP contribution < -0.4 is 4.90 Å². The fourth-order valence-corrected chi connectivity index (χ4v) is 2.61. The molecule has 1 heterocycles. The number of imide groups is 1. The lowest BCUT2D eigenvalue weighted by molar-refractivity contribution is 0.249. The maximum atomic E-state index is 11.7. The Morgan fingerprint density at radius 2 is 1.33 bits per heavy atom. The molecule has 4 rings (SSSR count). The molecule has 0 saturated carbocycles. The van der Waals surface area contributed by atoms with Gasteiger partial charge in [-0.15, -0.1) is 0 Å². The molecule has 100 valence electrons. The second-order valence-electron chi connectivity index (χ2n) is 4.80. The summed E-state index contributed by atoms with van der Waals surface area (Å²) in [6.07, 6.45) is 0. The molecule has 0 N–H and O–H groups in total. The van der Waals surface area contributed by atoms with Crippen LogP contribution in [-0.2, 0) is 0 Å². The van der Waals surface area contributed by atoms with E-state index in [0.717, 1.165) is 26.4 Å². The molecule has 0 atom stereocenters. The van der Waals surface area contributed by atoms with Crippen LogP contribution in [0.5, 0.6) is 0 Å². The molecule has 1 aliphatic rings. The molecule has 0 spiro atoms. The smallest absolute Gasteiger partial charge is 0.243 e. The van der Waals surface area contributed by atoms with Crippen LogP contribution in [-0.4, -0.2) is 12.1 Å². The van der Waals surface area contributed by atoms with Crippen LogP contribution in [0.2, 0.25) is 0 Å². The normalized spacial score (nSPS) is 14.6. The van der Waals surface area contributed by atoms with E-state index in [4.69, 9.17) is 0 Å². The number of nitrogens with zero attached hydrogens (tertiary/aromatic N) is 3. The molecule has 0 aliphatic carbocycles. The van der Waals surface area contributed by atoms with Gasteiger partial charge < -0.3 is 0 Å². The van der Waals surface area contributed by atoms with Crippen molar-refractivity contribution >= 4 is 39.3 Å². The predicted molar refractivity (Wildman–Crippen MR) is 79.6 cm³/mol. The third-order valence-electron chi connectivity index (χ3n) is 3.57. The van der Waals surface area contributed by atoms with Crippen molar-refractivity contribution in [2.75, 3.05) is 4.90 Å². The Bertz CT molecular complexity index is 929. The van der Waals surface area contributed by atoms with Gasteiger partial charge in [-0.1, -0.05) is 46.6 Å². The fraction of sp³-hybridized carbons (Fsp3) is 0. The van der Waals surface area contributed by atoms with E-state index < -0.39 is 12.1 Å².